The Labute approximate surface area is 141 Å². The average molecular weight is 329 g/mol. The smallest absolute Gasteiger partial charge is 0.236 e. The van der Waals surface area contributed by atoms with E-state index in [-0.39, 0.29) is 12.5 Å². The molecule has 0 radical (unpaired) electrons. The number of hydrogen-bond donors (Lipinski definition) is 1. The van der Waals surface area contributed by atoms with E-state index in [4.69, 9.17) is 15.2 Å². The molecule has 1 aromatic carbocycles. The number of hydrogen-bond acceptors (Lipinski definition) is 5. The Morgan fingerprint density at radius 2 is 1.96 bits per heavy atom. The van der Waals surface area contributed by atoms with E-state index in [9.17, 15) is 4.79 Å². The number of benzene rings is 1. The lowest BCUT2D eigenvalue weighted by Crippen LogP contribution is -2.61. The average Bonchev–Trinajstić information content (AvgIpc) is 3.27. The van der Waals surface area contributed by atoms with Crippen molar-refractivity contribution in [3.8, 4) is 11.5 Å². The van der Waals surface area contributed by atoms with Crippen LogP contribution in [0.15, 0.2) is 18.2 Å². The molecule has 6 rings (SSSR count). The van der Waals surface area contributed by atoms with Crippen LogP contribution in [0.5, 0.6) is 11.5 Å². The minimum Gasteiger partial charge on any atom is -0.454 e. The highest BCUT2D eigenvalue weighted by Crippen LogP contribution is 2.47. The predicted molar refractivity (Wildman–Crippen MR) is 87.9 cm³/mol. The molecule has 6 heteroatoms. The van der Waals surface area contributed by atoms with Crippen molar-refractivity contribution in [2.45, 2.75) is 30.8 Å². The third-order valence-electron chi connectivity index (χ3n) is 6.31. The van der Waals surface area contributed by atoms with Crippen molar-refractivity contribution >= 4 is 5.91 Å². The normalized spacial score (nSPS) is 36.0. The largest absolute Gasteiger partial charge is 0.454 e. The third kappa shape index (κ3) is 1.99. The van der Waals surface area contributed by atoms with Crippen LogP contribution < -0.4 is 15.2 Å². The molecule has 2 N–H and O–H groups in total. The second-order valence-electron chi connectivity index (χ2n) is 7.32. The van der Waals surface area contributed by atoms with Crippen LogP contribution in [0.4, 0.5) is 0 Å². The van der Waals surface area contributed by atoms with Crippen molar-refractivity contribution in [2.75, 3.05) is 33.0 Å². The zero-order valence-electron chi connectivity index (χ0n) is 13.7. The summed E-state index contributed by atoms with van der Waals surface area (Å²) in [6.07, 6.45) is 2.40. The molecule has 0 aliphatic carbocycles. The van der Waals surface area contributed by atoms with Crippen molar-refractivity contribution in [1.82, 2.24) is 9.80 Å². The maximum absolute atomic E-state index is 12.4. The van der Waals surface area contributed by atoms with Crippen molar-refractivity contribution in [3.05, 3.63) is 23.8 Å². The molecule has 1 amide bonds. The molecule has 24 heavy (non-hydrogen) atoms. The lowest BCUT2D eigenvalue weighted by Gasteiger charge is -2.51. The van der Waals surface area contributed by atoms with Gasteiger partial charge in [-0.1, -0.05) is 6.07 Å². The first-order valence-electron chi connectivity index (χ1n) is 8.89. The van der Waals surface area contributed by atoms with E-state index in [1.807, 2.05) is 6.07 Å². The van der Waals surface area contributed by atoms with Gasteiger partial charge in [0.05, 0.1) is 12.6 Å². The van der Waals surface area contributed by atoms with Gasteiger partial charge >= 0.3 is 0 Å². The molecule has 6 nitrogen and oxygen atoms in total. The molecule has 4 saturated heterocycles. The zero-order valence-corrected chi connectivity index (χ0v) is 13.7. The van der Waals surface area contributed by atoms with Gasteiger partial charge in [0.15, 0.2) is 11.5 Å². The summed E-state index contributed by atoms with van der Waals surface area (Å²) in [5, 5.41) is 0. The predicted octanol–water partition coefficient (Wildman–Crippen LogP) is 0.763. The lowest BCUT2D eigenvalue weighted by atomic mass is 9.75. The Hall–Kier alpha value is -1.79. The molecule has 4 fully saturated rings. The van der Waals surface area contributed by atoms with E-state index < -0.39 is 0 Å². The number of piperidine rings is 3. The Balaban J connectivity index is 1.52. The second kappa shape index (κ2) is 5.36. The molecular formula is C18H23N3O3. The fourth-order valence-electron chi connectivity index (χ4n) is 5.26. The van der Waals surface area contributed by atoms with Gasteiger partial charge in [-0.2, -0.15) is 0 Å². The standard InChI is InChI=1S/C18H23N3O3/c19-8-16(22)21-9-13(12-1-2-14-15(7-12)24-10-23-14)18-17(21)11-3-5-20(18)6-4-11/h1-2,7,11,13,17-18H,3-6,8-10,19H2/t13-,17-,18-/m1/s1. The second-order valence-corrected chi connectivity index (χ2v) is 7.32. The van der Waals surface area contributed by atoms with Gasteiger partial charge in [-0.15, -0.1) is 0 Å². The topological polar surface area (TPSA) is 68.0 Å². The number of likely N-dealkylation sites (tertiary alicyclic amines) is 1. The maximum atomic E-state index is 12.4. The van der Waals surface area contributed by atoms with Crippen LogP contribution in [-0.4, -0.2) is 60.8 Å². The molecule has 5 aliphatic heterocycles. The molecule has 0 spiro atoms. The summed E-state index contributed by atoms with van der Waals surface area (Å²) in [5.41, 5.74) is 6.93. The van der Waals surface area contributed by atoms with Crippen LogP contribution in [0.3, 0.4) is 0 Å². The molecule has 0 saturated carbocycles. The van der Waals surface area contributed by atoms with E-state index >= 15 is 0 Å². The third-order valence-corrected chi connectivity index (χ3v) is 6.31. The number of ether oxygens (including phenoxy) is 2. The number of rotatable bonds is 2. The highest BCUT2D eigenvalue weighted by Gasteiger charge is 2.54. The minimum atomic E-state index is 0.0852. The van der Waals surface area contributed by atoms with Crippen LogP contribution in [0.2, 0.25) is 0 Å². The van der Waals surface area contributed by atoms with Gasteiger partial charge in [-0.05, 0) is 49.5 Å². The summed E-state index contributed by atoms with van der Waals surface area (Å²) in [6, 6.07) is 6.96. The molecule has 128 valence electrons. The zero-order chi connectivity index (χ0) is 16.3. The number of nitrogens with two attached hydrogens (primary N) is 1. The van der Waals surface area contributed by atoms with Crippen molar-refractivity contribution < 1.29 is 14.3 Å². The van der Waals surface area contributed by atoms with Gasteiger partial charge in [-0.25, -0.2) is 0 Å². The Morgan fingerprint density at radius 1 is 1.17 bits per heavy atom. The van der Waals surface area contributed by atoms with E-state index in [0.717, 1.165) is 31.1 Å². The molecule has 3 atom stereocenters. The summed E-state index contributed by atoms with van der Waals surface area (Å²) < 4.78 is 11.0. The highest BCUT2D eigenvalue weighted by atomic mass is 16.7. The first-order valence-corrected chi connectivity index (χ1v) is 8.89. The number of amides is 1. The molecule has 5 heterocycles. The van der Waals surface area contributed by atoms with Gasteiger partial charge in [0, 0.05) is 18.5 Å². The molecule has 0 aromatic heterocycles. The summed E-state index contributed by atoms with van der Waals surface area (Å²) in [5.74, 6) is 2.66. The number of fused-ring (bicyclic) bond motifs is 3. The van der Waals surface area contributed by atoms with Crippen LogP contribution >= 0.6 is 0 Å². The fourth-order valence-corrected chi connectivity index (χ4v) is 5.26. The number of nitrogens with zero attached hydrogens (tertiary/aromatic N) is 2. The summed E-state index contributed by atoms with van der Waals surface area (Å²) >= 11 is 0. The SMILES string of the molecule is NCC(=O)N1C[C@H](c2ccc3c(c2)OCO3)[C@@H]2[C@H]1C1CCN2CC1. The van der Waals surface area contributed by atoms with Crippen LogP contribution in [0, 0.1) is 5.92 Å². The van der Waals surface area contributed by atoms with E-state index in [2.05, 4.69) is 21.9 Å². The summed E-state index contributed by atoms with van der Waals surface area (Å²) in [4.78, 5) is 17.1. The first kappa shape index (κ1) is 14.5. The number of carbonyl (C=O) groups is 1. The summed E-state index contributed by atoms with van der Waals surface area (Å²) in [7, 11) is 0. The van der Waals surface area contributed by atoms with Gasteiger partial charge in [0.2, 0.25) is 12.7 Å². The van der Waals surface area contributed by atoms with Gasteiger partial charge in [-0.3, -0.25) is 9.69 Å². The monoisotopic (exact) mass is 329 g/mol. The van der Waals surface area contributed by atoms with Gasteiger partial charge in [0.1, 0.15) is 0 Å². The van der Waals surface area contributed by atoms with E-state index in [1.54, 1.807) is 0 Å². The Bertz CT molecular complexity index is 671. The van der Waals surface area contributed by atoms with Crippen molar-refractivity contribution in [3.63, 3.8) is 0 Å². The molecule has 0 unspecified atom stereocenters. The van der Waals surface area contributed by atoms with Crippen LogP contribution in [-0.2, 0) is 4.79 Å². The highest BCUT2D eigenvalue weighted by molar-refractivity contribution is 5.79. The van der Waals surface area contributed by atoms with Gasteiger partial charge in [0.25, 0.3) is 0 Å². The maximum Gasteiger partial charge on any atom is 0.236 e. The molecule has 1 aromatic rings. The minimum absolute atomic E-state index is 0.0852. The van der Waals surface area contributed by atoms with E-state index in [1.165, 1.54) is 18.4 Å². The molecule has 2 bridgehead atoms. The Kier molecular flexibility index (Phi) is 3.25. The van der Waals surface area contributed by atoms with Crippen LogP contribution in [0.25, 0.3) is 0 Å². The molecule has 5 aliphatic rings. The van der Waals surface area contributed by atoms with Gasteiger partial charge < -0.3 is 20.1 Å². The summed E-state index contributed by atoms with van der Waals surface area (Å²) in [6.45, 7) is 3.46. The van der Waals surface area contributed by atoms with Crippen molar-refractivity contribution in [2.24, 2.45) is 11.7 Å². The molecular weight excluding hydrogens is 306 g/mol. The van der Waals surface area contributed by atoms with Crippen LogP contribution in [0.1, 0.15) is 24.3 Å². The lowest BCUT2D eigenvalue weighted by molar-refractivity contribution is -0.134. The quantitative estimate of drug-likeness (QED) is 0.868. The van der Waals surface area contributed by atoms with Crippen molar-refractivity contribution in [1.29, 1.82) is 0 Å². The Morgan fingerprint density at radius 3 is 2.75 bits per heavy atom. The van der Waals surface area contributed by atoms with E-state index in [0.29, 0.717) is 30.7 Å². The fraction of sp³-hybridized carbons (Fsp3) is 0.611. The number of carbonyl (C=O) groups excluding carboxylic acids is 1. The first-order chi connectivity index (χ1) is 11.8.